The van der Waals surface area contributed by atoms with Gasteiger partial charge in [-0.1, -0.05) is 48.8 Å². The Bertz CT molecular complexity index is 469. The average Bonchev–Trinajstić information content (AvgIpc) is 2.45. The summed E-state index contributed by atoms with van der Waals surface area (Å²) in [4.78, 5) is 0. The van der Waals surface area contributed by atoms with E-state index in [1.165, 1.54) is 29.6 Å². The summed E-state index contributed by atoms with van der Waals surface area (Å²) in [5.41, 5.74) is 4.43. The number of rotatable bonds is 2. The molecule has 0 aliphatic heterocycles. The molecule has 0 N–H and O–H groups in total. The molecule has 23 heavy (non-hydrogen) atoms. The van der Waals surface area contributed by atoms with E-state index in [4.69, 9.17) is 4.65 Å². The molecule has 3 heteroatoms. The molecule has 1 rings (SSSR count). The molecule has 0 aromatic rings. The summed E-state index contributed by atoms with van der Waals surface area (Å²) in [6.07, 6.45) is 15.2. The third-order valence-corrected chi connectivity index (χ3v) is 5.52. The first-order valence-electron chi connectivity index (χ1n) is 9.22. The second kappa shape index (κ2) is 8.97. The molecular formula is C20H36B2O. The van der Waals surface area contributed by atoms with E-state index in [0.717, 1.165) is 32.1 Å². The molecular weight excluding hydrogens is 278 g/mol. The van der Waals surface area contributed by atoms with E-state index < -0.39 is 0 Å². The van der Waals surface area contributed by atoms with E-state index in [2.05, 4.69) is 60.7 Å². The maximum atomic E-state index is 6.13. The van der Waals surface area contributed by atoms with Gasteiger partial charge in [-0.15, -0.1) is 0 Å². The van der Waals surface area contributed by atoms with Crippen molar-refractivity contribution >= 4 is 15.9 Å². The van der Waals surface area contributed by atoms with E-state index in [0.29, 0.717) is 0 Å². The van der Waals surface area contributed by atoms with Gasteiger partial charge in [0, 0.05) is 0 Å². The molecule has 0 aromatic carbocycles. The van der Waals surface area contributed by atoms with Crippen molar-refractivity contribution in [2.24, 2.45) is 0 Å². The van der Waals surface area contributed by atoms with Crippen molar-refractivity contribution in [1.29, 1.82) is 0 Å². The second-order valence-electron chi connectivity index (χ2n) is 8.38. The molecule has 0 spiro atoms. The highest BCUT2D eigenvalue weighted by molar-refractivity contribution is 6.16. The van der Waals surface area contributed by atoms with Crippen molar-refractivity contribution < 1.29 is 4.65 Å². The Kier molecular flexibility index (Phi) is 7.94. The molecule has 0 bridgehead atoms. The molecule has 1 aliphatic rings. The SMILES string of the molecule is BOC1(C(B)(C)C)C/C=C(/C)CC/C=C(\C)CC/C=C(/C)CC1. The van der Waals surface area contributed by atoms with Crippen LogP contribution in [-0.2, 0) is 4.65 Å². The monoisotopic (exact) mass is 314 g/mol. The summed E-state index contributed by atoms with van der Waals surface area (Å²) in [6.45, 7) is 11.4. The van der Waals surface area contributed by atoms with Gasteiger partial charge in [0.1, 0.15) is 7.85 Å². The third-order valence-electron chi connectivity index (χ3n) is 5.52. The lowest BCUT2D eigenvalue weighted by molar-refractivity contribution is 0.0340. The zero-order valence-electron chi connectivity index (χ0n) is 16.6. The van der Waals surface area contributed by atoms with Gasteiger partial charge in [0.25, 0.3) is 8.05 Å². The van der Waals surface area contributed by atoms with Crippen LogP contribution in [0.1, 0.15) is 79.6 Å². The van der Waals surface area contributed by atoms with Crippen LogP contribution in [0.15, 0.2) is 34.9 Å². The Hall–Kier alpha value is -0.690. The highest BCUT2D eigenvalue weighted by Crippen LogP contribution is 2.44. The minimum absolute atomic E-state index is 0.0841. The number of allylic oxidation sites excluding steroid dienone is 5. The average molecular weight is 314 g/mol. The van der Waals surface area contributed by atoms with Crippen molar-refractivity contribution in [2.75, 3.05) is 0 Å². The standard InChI is InChI=1S/C20H36B2O/c1-16-8-6-10-17(2)12-14-20(23-22,19(4,5)21)15-13-18(3)11-7-9-16/h8,11-12H,6-7,9-10,13-15,21-22H2,1-5H3/b16-8+,17-12-,18-11-. The van der Waals surface area contributed by atoms with Crippen LogP contribution in [0.5, 0.6) is 0 Å². The smallest absolute Gasteiger partial charge is 0.258 e. The minimum Gasteiger partial charge on any atom is -0.439 e. The van der Waals surface area contributed by atoms with Crippen molar-refractivity contribution in [1.82, 2.24) is 0 Å². The molecule has 1 unspecified atom stereocenters. The van der Waals surface area contributed by atoms with Crippen LogP contribution in [0.2, 0.25) is 5.31 Å². The molecule has 0 saturated heterocycles. The molecule has 0 heterocycles. The van der Waals surface area contributed by atoms with E-state index in [1.807, 2.05) is 8.05 Å². The summed E-state index contributed by atoms with van der Waals surface area (Å²) in [7, 11) is 4.20. The van der Waals surface area contributed by atoms with Crippen molar-refractivity contribution in [3.05, 3.63) is 34.9 Å². The van der Waals surface area contributed by atoms with Gasteiger partial charge in [-0.05, 0) is 71.0 Å². The van der Waals surface area contributed by atoms with Crippen molar-refractivity contribution in [2.45, 2.75) is 90.5 Å². The molecule has 0 amide bonds. The fraction of sp³-hybridized carbons (Fsp3) is 0.700. The van der Waals surface area contributed by atoms with E-state index in [1.54, 1.807) is 0 Å². The van der Waals surface area contributed by atoms with Crippen molar-refractivity contribution in [3.63, 3.8) is 0 Å². The van der Waals surface area contributed by atoms with Gasteiger partial charge in [-0.2, -0.15) is 0 Å². The van der Waals surface area contributed by atoms with E-state index >= 15 is 0 Å². The molecule has 0 radical (unpaired) electrons. The van der Waals surface area contributed by atoms with Crippen LogP contribution in [0.3, 0.4) is 0 Å². The Morgan fingerprint density at radius 1 is 0.913 bits per heavy atom. The summed E-state index contributed by atoms with van der Waals surface area (Å²) in [6, 6.07) is 0. The van der Waals surface area contributed by atoms with Crippen LogP contribution >= 0.6 is 0 Å². The lowest BCUT2D eigenvalue weighted by Crippen LogP contribution is -2.42. The topological polar surface area (TPSA) is 9.23 Å². The fourth-order valence-corrected chi connectivity index (χ4v) is 3.41. The molecule has 0 aromatic heterocycles. The highest BCUT2D eigenvalue weighted by atomic mass is 16.4. The first kappa shape index (κ1) is 20.4. The minimum atomic E-state index is -0.0841. The predicted octanol–water partition coefficient (Wildman–Crippen LogP) is 4.70. The normalized spacial score (nSPS) is 32.7. The fourth-order valence-electron chi connectivity index (χ4n) is 3.41. The first-order valence-corrected chi connectivity index (χ1v) is 9.22. The van der Waals surface area contributed by atoms with Gasteiger partial charge >= 0.3 is 0 Å². The van der Waals surface area contributed by atoms with Gasteiger partial charge in [0.2, 0.25) is 0 Å². The summed E-state index contributed by atoms with van der Waals surface area (Å²) < 4.78 is 6.13. The first-order chi connectivity index (χ1) is 10.7. The third kappa shape index (κ3) is 6.37. The Morgan fingerprint density at radius 2 is 1.39 bits per heavy atom. The highest BCUT2D eigenvalue weighted by Gasteiger charge is 2.39. The quantitative estimate of drug-likeness (QED) is 0.530. The molecule has 1 atom stereocenters. The summed E-state index contributed by atoms with van der Waals surface area (Å²) >= 11 is 0. The predicted molar refractivity (Wildman–Crippen MR) is 109 cm³/mol. The molecule has 128 valence electrons. The summed E-state index contributed by atoms with van der Waals surface area (Å²) in [5.74, 6) is 0. The van der Waals surface area contributed by atoms with Crippen LogP contribution in [-0.4, -0.2) is 21.5 Å². The molecule has 1 nitrogen and oxygen atoms in total. The largest absolute Gasteiger partial charge is 0.439 e. The van der Waals surface area contributed by atoms with E-state index in [-0.39, 0.29) is 10.9 Å². The Labute approximate surface area is 146 Å². The Balaban J connectivity index is 3.06. The van der Waals surface area contributed by atoms with E-state index in [9.17, 15) is 0 Å². The molecule has 1 aliphatic carbocycles. The lowest BCUT2D eigenvalue weighted by Gasteiger charge is -2.45. The van der Waals surface area contributed by atoms with Gasteiger partial charge in [0.05, 0.1) is 5.60 Å². The maximum Gasteiger partial charge on any atom is 0.258 e. The summed E-state index contributed by atoms with van der Waals surface area (Å²) in [5, 5.41) is 0.131. The number of hydrogen-bond donors (Lipinski definition) is 0. The maximum absolute atomic E-state index is 6.13. The van der Waals surface area contributed by atoms with Crippen LogP contribution < -0.4 is 0 Å². The zero-order chi connectivity index (χ0) is 17.5. The van der Waals surface area contributed by atoms with Crippen LogP contribution in [0.4, 0.5) is 0 Å². The van der Waals surface area contributed by atoms with Crippen molar-refractivity contribution in [3.8, 4) is 0 Å². The molecule has 0 fully saturated rings. The van der Waals surface area contributed by atoms with Crippen LogP contribution in [0, 0.1) is 0 Å². The zero-order valence-corrected chi connectivity index (χ0v) is 16.6. The van der Waals surface area contributed by atoms with Gasteiger partial charge in [-0.3, -0.25) is 0 Å². The molecule has 0 saturated carbocycles. The van der Waals surface area contributed by atoms with Gasteiger partial charge < -0.3 is 4.65 Å². The van der Waals surface area contributed by atoms with Crippen LogP contribution in [0.25, 0.3) is 0 Å². The Morgan fingerprint density at radius 3 is 1.87 bits per heavy atom. The number of hydrogen-bond acceptors (Lipinski definition) is 1. The lowest BCUT2D eigenvalue weighted by atomic mass is 9.57. The van der Waals surface area contributed by atoms with Gasteiger partial charge in [-0.25, -0.2) is 0 Å². The van der Waals surface area contributed by atoms with Gasteiger partial charge in [0.15, 0.2) is 0 Å². The second-order valence-corrected chi connectivity index (χ2v) is 8.38.